The minimum atomic E-state index is -2.10. The summed E-state index contributed by atoms with van der Waals surface area (Å²) in [6.07, 6.45) is 0.723. The van der Waals surface area contributed by atoms with E-state index in [2.05, 4.69) is 4.65 Å². The molecule has 0 saturated carbocycles. The normalized spacial score (nSPS) is 7.00. The first kappa shape index (κ1) is 16.6. The molecule has 0 aromatic carbocycles. The third-order valence-corrected chi connectivity index (χ3v) is 0.458. The van der Waals surface area contributed by atoms with Gasteiger partial charge in [0.15, 0.2) is 0 Å². The molecule has 0 bridgehead atoms. The van der Waals surface area contributed by atoms with E-state index in [1.54, 1.807) is 0 Å². The summed E-state index contributed by atoms with van der Waals surface area (Å²) < 4.78 is 4.08. The Morgan fingerprint density at radius 3 is 1.89 bits per heavy atom. The number of hydrogen-bond acceptors (Lipinski definition) is 3. The summed E-state index contributed by atoms with van der Waals surface area (Å²) in [6.45, 7) is 2.11. The molecule has 3 nitrogen and oxygen atoms in total. The molecule has 0 aromatic heterocycles. The SMILES string of the molecule is CCCOB([O-])[O-].[Li+].[Li+]. The zero-order valence-electron chi connectivity index (χ0n) is 6.22. The first-order valence-corrected chi connectivity index (χ1v) is 2.20. The van der Waals surface area contributed by atoms with Gasteiger partial charge in [-0.3, -0.25) is 0 Å². The second kappa shape index (κ2) is 11.9. The second-order valence-corrected chi connectivity index (χ2v) is 1.16. The third kappa shape index (κ3) is 17.6. The standard InChI is InChI=1S/C3H7BO3.2Li/c1-2-3-7-4(5)6;;/h2-3H2,1H3;;/q-2;2*+1. The molecule has 0 N–H and O–H groups in total. The van der Waals surface area contributed by atoms with Crippen molar-refractivity contribution in [2.45, 2.75) is 13.3 Å². The van der Waals surface area contributed by atoms with E-state index in [-0.39, 0.29) is 44.3 Å². The van der Waals surface area contributed by atoms with Gasteiger partial charge >= 0.3 is 37.7 Å². The van der Waals surface area contributed by atoms with Gasteiger partial charge in [0.05, 0.1) is 7.32 Å². The summed E-state index contributed by atoms with van der Waals surface area (Å²) in [5.74, 6) is 0. The molecule has 0 aliphatic heterocycles. The van der Waals surface area contributed by atoms with E-state index in [9.17, 15) is 10.0 Å². The summed E-state index contributed by atoms with van der Waals surface area (Å²) in [7, 11) is -2.10. The van der Waals surface area contributed by atoms with Crippen LogP contribution in [0.25, 0.3) is 0 Å². The molecule has 0 heterocycles. The predicted octanol–water partition coefficient (Wildman–Crippen LogP) is -7.87. The van der Waals surface area contributed by atoms with Gasteiger partial charge in [-0.15, -0.1) is 0 Å². The molecule has 0 atom stereocenters. The van der Waals surface area contributed by atoms with E-state index in [1.165, 1.54) is 0 Å². The van der Waals surface area contributed by atoms with Crippen molar-refractivity contribution in [3.8, 4) is 0 Å². The Kier molecular flexibility index (Phi) is 21.9. The Labute approximate surface area is 79.7 Å². The van der Waals surface area contributed by atoms with E-state index in [4.69, 9.17) is 0 Å². The van der Waals surface area contributed by atoms with Crippen LogP contribution in [0.1, 0.15) is 13.3 Å². The molecule has 0 saturated heterocycles. The number of rotatable bonds is 3. The summed E-state index contributed by atoms with van der Waals surface area (Å²) in [6, 6.07) is 0. The van der Waals surface area contributed by atoms with E-state index in [0.29, 0.717) is 0 Å². The average molecular weight is 116 g/mol. The topological polar surface area (TPSA) is 55.3 Å². The molecule has 0 aliphatic rings. The van der Waals surface area contributed by atoms with E-state index in [0.717, 1.165) is 6.42 Å². The van der Waals surface area contributed by atoms with Crippen molar-refractivity contribution < 1.29 is 52.4 Å². The Balaban J connectivity index is -0.000000180. The first-order valence-electron chi connectivity index (χ1n) is 2.20. The molecule has 0 radical (unpaired) electrons. The van der Waals surface area contributed by atoms with Crippen LogP contribution in [0.3, 0.4) is 0 Å². The maximum Gasteiger partial charge on any atom is 1.00 e. The van der Waals surface area contributed by atoms with Crippen molar-refractivity contribution in [2.24, 2.45) is 0 Å². The predicted molar refractivity (Wildman–Crippen MR) is 22.0 cm³/mol. The van der Waals surface area contributed by atoms with Crippen molar-refractivity contribution in [3.05, 3.63) is 0 Å². The van der Waals surface area contributed by atoms with Crippen LogP contribution in [0.15, 0.2) is 0 Å². The Bertz CT molecular complexity index is 46.0. The average Bonchev–Trinajstić information content (AvgIpc) is 1.61. The summed E-state index contributed by atoms with van der Waals surface area (Å²) >= 11 is 0. The quantitative estimate of drug-likeness (QED) is 0.344. The Morgan fingerprint density at radius 1 is 1.33 bits per heavy atom. The third-order valence-electron chi connectivity index (χ3n) is 0.458. The van der Waals surface area contributed by atoms with E-state index < -0.39 is 7.32 Å². The van der Waals surface area contributed by atoms with Crippen LogP contribution in [0, 0.1) is 0 Å². The van der Waals surface area contributed by atoms with Crippen LogP contribution in [0.5, 0.6) is 0 Å². The fourth-order valence-corrected chi connectivity index (χ4v) is 0.214. The van der Waals surface area contributed by atoms with Crippen LogP contribution in [-0.2, 0) is 4.65 Å². The molecule has 0 aromatic rings. The molecule has 0 amide bonds. The van der Waals surface area contributed by atoms with Gasteiger partial charge in [-0.1, -0.05) is 6.92 Å². The van der Waals surface area contributed by atoms with Crippen molar-refractivity contribution in [1.29, 1.82) is 0 Å². The zero-order valence-corrected chi connectivity index (χ0v) is 6.22. The molecule has 0 spiro atoms. The molecule has 0 unspecified atom stereocenters. The van der Waals surface area contributed by atoms with Gasteiger partial charge in [0.2, 0.25) is 0 Å². The van der Waals surface area contributed by atoms with Gasteiger partial charge in [0.25, 0.3) is 0 Å². The van der Waals surface area contributed by atoms with Gasteiger partial charge in [0.1, 0.15) is 0 Å². The molecule has 9 heavy (non-hydrogen) atoms. The maximum absolute atomic E-state index is 9.51. The van der Waals surface area contributed by atoms with Gasteiger partial charge in [-0.2, -0.15) is 0 Å². The minimum absolute atomic E-state index is 0. The van der Waals surface area contributed by atoms with Gasteiger partial charge in [-0.25, -0.2) is 0 Å². The van der Waals surface area contributed by atoms with Crippen molar-refractivity contribution in [3.63, 3.8) is 0 Å². The summed E-state index contributed by atoms with van der Waals surface area (Å²) in [5.41, 5.74) is 0. The molecule has 6 heteroatoms. The van der Waals surface area contributed by atoms with Crippen LogP contribution in [0.4, 0.5) is 0 Å². The summed E-state index contributed by atoms with van der Waals surface area (Å²) in [5, 5.41) is 19.0. The van der Waals surface area contributed by atoms with Gasteiger partial charge < -0.3 is 14.7 Å². The van der Waals surface area contributed by atoms with Crippen molar-refractivity contribution in [2.75, 3.05) is 6.61 Å². The first-order chi connectivity index (χ1) is 3.27. The Hall–Kier alpha value is 1.14. The van der Waals surface area contributed by atoms with Crippen LogP contribution < -0.4 is 47.8 Å². The van der Waals surface area contributed by atoms with Crippen molar-refractivity contribution >= 4 is 7.32 Å². The monoisotopic (exact) mass is 116 g/mol. The molecule has 0 fully saturated rings. The zero-order chi connectivity index (χ0) is 5.70. The van der Waals surface area contributed by atoms with Crippen LogP contribution in [0.2, 0.25) is 0 Å². The van der Waals surface area contributed by atoms with E-state index >= 15 is 0 Å². The minimum Gasteiger partial charge on any atom is -0.871 e. The van der Waals surface area contributed by atoms with Gasteiger partial charge in [0, 0.05) is 6.61 Å². The maximum atomic E-state index is 9.51. The largest absolute Gasteiger partial charge is 1.00 e. The summed E-state index contributed by atoms with van der Waals surface area (Å²) in [4.78, 5) is 0. The second-order valence-electron chi connectivity index (χ2n) is 1.16. The molecular weight excluding hydrogens is 109 g/mol. The molecule has 0 rings (SSSR count). The van der Waals surface area contributed by atoms with Crippen LogP contribution in [-0.4, -0.2) is 13.9 Å². The molecular formula is C3H7BLi2O3. The Morgan fingerprint density at radius 2 is 1.78 bits per heavy atom. The fourth-order valence-electron chi connectivity index (χ4n) is 0.214. The smallest absolute Gasteiger partial charge is 0.871 e. The van der Waals surface area contributed by atoms with Crippen molar-refractivity contribution in [1.82, 2.24) is 0 Å². The fraction of sp³-hybridized carbons (Fsp3) is 1.00. The van der Waals surface area contributed by atoms with E-state index in [1.807, 2.05) is 6.92 Å². The molecule has 0 aliphatic carbocycles. The molecule has 42 valence electrons. The van der Waals surface area contributed by atoms with Crippen LogP contribution >= 0.6 is 0 Å². The van der Waals surface area contributed by atoms with Gasteiger partial charge in [-0.05, 0) is 6.42 Å². The number of hydrogen-bond donors (Lipinski definition) is 0.